The van der Waals surface area contributed by atoms with Crippen LogP contribution in [0, 0.1) is 18.8 Å². The van der Waals surface area contributed by atoms with E-state index in [9.17, 15) is 4.79 Å². The van der Waals surface area contributed by atoms with E-state index < -0.39 is 0 Å². The van der Waals surface area contributed by atoms with Crippen molar-refractivity contribution >= 4 is 29.2 Å². The molecule has 1 atom stereocenters. The highest BCUT2D eigenvalue weighted by molar-refractivity contribution is 6.42. The SMILES string of the molecule is COC(=O)[C@H](CC1CC1)N1CCC(CN2CCC(Oc3ccc(Cl)c(Cl)c3C)CC2)CC1. The number of hydrogen-bond donors (Lipinski definition) is 0. The van der Waals surface area contributed by atoms with Crippen molar-refractivity contribution in [1.82, 2.24) is 9.80 Å². The van der Waals surface area contributed by atoms with Crippen molar-refractivity contribution in [3.05, 3.63) is 27.7 Å². The van der Waals surface area contributed by atoms with Gasteiger partial charge in [0.05, 0.1) is 17.2 Å². The zero-order chi connectivity index (χ0) is 22.7. The maximum atomic E-state index is 12.3. The number of likely N-dealkylation sites (tertiary alicyclic amines) is 2. The van der Waals surface area contributed by atoms with E-state index >= 15 is 0 Å². The average Bonchev–Trinajstić information content (AvgIpc) is 3.63. The van der Waals surface area contributed by atoms with E-state index in [-0.39, 0.29) is 18.1 Å². The normalized spacial score (nSPS) is 22.6. The minimum Gasteiger partial charge on any atom is -0.490 e. The lowest BCUT2D eigenvalue weighted by molar-refractivity contribution is -0.148. The number of rotatable bonds is 8. The van der Waals surface area contributed by atoms with Gasteiger partial charge in [0.1, 0.15) is 17.9 Å². The molecule has 1 aromatic rings. The first-order chi connectivity index (χ1) is 15.4. The van der Waals surface area contributed by atoms with E-state index in [1.165, 1.54) is 20.0 Å². The number of benzene rings is 1. The fourth-order valence-electron chi connectivity index (χ4n) is 5.16. The molecular formula is C25H36Cl2N2O3. The van der Waals surface area contributed by atoms with Crippen molar-refractivity contribution < 1.29 is 14.3 Å². The van der Waals surface area contributed by atoms with Gasteiger partial charge in [-0.15, -0.1) is 0 Å². The first-order valence-electron chi connectivity index (χ1n) is 12.1. The van der Waals surface area contributed by atoms with Crippen LogP contribution < -0.4 is 4.74 Å². The van der Waals surface area contributed by atoms with Crippen molar-refractivity contribution in [3.63, 3.8) is 0 Å². The highest BCUT2D eigenvalue weighted by Crippen LogP contribution is 2.36. The Bertz CT molecular complexity index is 786. The number of piperidine rings is 2. The lowest BCUT2D eigenvalue weighted by Gasteiger charge is -2.39. The zero-order valence-corrected chi connectivity index (χ0v) is 20.8. The van der Waals surface area contributed by atoms with Gasteiger partial charge in [-0.1, -0.05) is 36.0 Å². The molecule has 1 aliphatic carbocycles. The van der Waals surface area contributed by atoms with E-state index in [1.807, 2.05) is 19.1 Å². The maximum Gasteiger partial charge on any atom is 0.323 e. The van der Waals surface area contributed by atoms with Crippen molar-refractivity contribution in [2.45, 2.75) is 64.0 Å². The number of hydrogen-bond acceptors (Lipinski definition) is 5. The van der Waals surface area contributed by atoms with E-state index in [0.717, 1.165) is 82.1 Å². The lowest BCUT2D eigenvalue weighted by atomic mass is 9.93. The summed E-state index contributed by atoms with van der Waals surface area (Å²) in [4.78, 5) is 17.3. The van der Waals surface area contributed by atoms with Crippen molar-refractivity contribution in [2.24, 2.45) is 11.8 Å². The van der Waals surface area contributed by atoms with E-state index in [1.54, 1.807) is 0 Å². The van der Waals surface area contributed by atoms with Crippen LogP contribution in [0.3, 0.4) is 0 Å². The number of carbonyl (C=O) groups is 1. The van der Waals surface area contributed by atoms with Crippen molar-refractivity contribution in [2.75, 3.05) is 39.8 Å². The van der Waals surface area contributed by atoms with Gasteiger partial charge in [0.25, 0.3) is 0 Å². The second kappa shape index (κ2) is 10.9. The standard InChI is InChI=1S/C25H36Cl2N2O3/c1-17-23(6-5-21(26)24(17)27)32-20-9-11-28(12-10-20)16-19-7-13-29(14-8-19)22(25(30)31-2)15-18-3-4-18/h5-6,18-20,22H,3-4,7-16H2,1-2H3/t22-/m0/s1. The summed E-state index contributed by atoms with van der Waals surface area (Å²) in [6.45, 7) is 7.26. The summed E-state index contributed by atoms with van der Waals surface area (Å²) in [5.41, 5.74) is 0.917. The molecule has 2 aliphatic heterocycles. The molecule has 1 saturated carbocycles. The van der Waals surface area contributed by atoms with Crippen LogP contribution in [0.1, 0.15) is 50.5 Å². The zero-order valence-electron chi connectivity index (χ0n) is 19.3. The van der Waals surface area contributed by atoms with Crippen LogP contribution in [0.2, 0.25) is 10.0 Å². The molecule has 2 heterocycles. The molecule has 178 valence electrons. The molecular weight excluding hydrogens is 447 g/mol. The number of esters is 1. The number of nitrogens with zero attached hydrogens (tertiary/aromatic N) is 2. The fourth-order valence-corrected chi connectivity index (χ4v) is 5.52. The maximum absolute atomic E-state index is 12.3. The van der Waals surface area contributed by atoms with Gasteiger partial charge >= 0.3 is 5.97 Å². The van der Waals surface area contributed by atoms with Gasteiger partial charge < -0.3 is 14.4 Å². The molecule has 7 heteroatoms. The van der Waals surface area contributed by atoms with E-state index in [2.05, 4.69) is 9.80 Å². The molecule has 0 N–H and O–H groups in total. The van der Waals surface area contributed by atoms with Gasteiger partial charge in [0, 0.05) is 25.2 Å². The van der Waals surface area contributed by atoms with Gasteiger partial charge in [0.15, 0.2) is 0 Å². The smallest absolute Gasteiger partial charge is 0.323 e. The van der Waals surface area contributed by atoms with Crippen molar-refractivity contribution in [1.29, 1.82) is 0 Å². The van der Waals surface area contributed by atoms with Crippen LogP contribution in [0.4, 0.5) is 0 Å². The number of ether oxygens (including phenoxy) is 2. The summed E-state index contributed by atoms with van der Waals surface area (Å²) in [5.74, 6) is 2.24. The highest BCUT2D eigenvalue weighted by Gasteiger charge is 2.36. The molecule has 0 aromatic heterocycles. The van der Waals surface area contributed by atoms with Gasteiger partial charge in [-0.05, 0) is 76.1 Å². The van der Waals surface area contributed by atoms with Gasteiger partial charge in [-0.2, -0.15) is 0 Å². The highest BCUT2D eigenvalue weighted by atomic mass is 35.5. The first-order valence-corrected chi connectivity index (χ1v) is 12.9. The Hall–Kier alpha value is -1.01. The van der Waals surface area contributed by atoms with E-state index in [4.69, 9.17) is 32.7 Å². The average molecular weight is 483 g/mol. The predicted octanol–water partition coefficient (Wildman–Crippen LogP) is 5.20. The second-order valence-corrected chi connectivity index (χ2v) is 10.6. The van der Waals surface area contributed by atoms with Gasteiger partial charge in [0.2, 0.25) is 0 Å². The fraction of sp³-hybridized carbons (Fsp3) is 0.720. The number of carbonyl (C=O) groups excluding carboxylic acids is 1. The Kier molecular flexibility index (Phi) is 8.25. The molecule has 1 aromatic carbocycles. The summed E-state index contributed by atoms with van der Waals surface area (Å²) in [5, 5.41) is 1.15. The van der Waals surface area contributed by atoms with Crippen LogP contribution in [0.5, 0.6) is 5.75 Å². The molecule has 3 fully saturated rings. The van der Waals surface area contributed by atoms with Gasteiger partial charge in [-0.3, -0.25) is 9.69 Å². The second-order valence-electron chi connectivity index (χ2n) is 9.80. The minimum atomic E-state index is -0.0466. The third-order valence-corrected chi connectivity index (χ3v) is 8.35. The molecule has 4 rings (SSSR count). The summed E-state index contributed by atoms with van der Waals surface area (Å²) in [7, 11) is 1.52. The Morgan fingerprint density at radius 3 is 2.34 bits per heavy atom. The third-order valence-electron chi connectivity index (χ3n) is 7.45. The number of halogens is 2. The van der Waals surface area contributed by atoms with Gasteiger partial charge in [-0.25, -0.2) is 0 Å². The van der Waals surface area contributed by atoms with Crippen LogP contribution in [-0.2, 0) is 9.53 Å². The molecule has 0 unspecified atom stereocenters. The minimum absolute atomic E-state index is 0.0360. The topological polar surface area (TPSA) is 42.0 Å². The Morgan fingerprint density at radius 1 is 1.03 bits per heavy atom. The predicted molar refractivity (Wildman–Crippen MR) is 129 cm³/mol. The van der Waals surface area contributed by atoms with Crippen LogP contribution in [0.15, 0.2) is 12.1 Å². The van der Waals surface area contributed by atoms with Crippen LogP contribution >= 0.6 is 23.2 Å². The van der Waals surface area contributed by atoms with Crippen LogP contribution in [-0.4, -0.2) is 67.7 Å². The largest absolute Gasteiger partial charge is 0.490 e. The Morgan fingerprint density at radius 2 is 1.72 bits per heavy atom. The summed E-state index contributed by atoms with van der Waals surface area (Å²) in [6, 6.07) is 3.70. The Labute approximate surface area is 202 Å². The number of methoxy groups -OCH3 is 1. The quantitative estimate of drug-likeness (QED) is 0.476. The molecule has 0 spiro atoms. The summed E-state index contributed by atoms with van der Waals surface area (Å²) in [6.07, 6.45) is 8.14. The first kappa shape index (κ1) is 24.1. The van der Waals surface area contributed by atoms with Crippen LogP contribution in [0.25, 0.3) is 0 Å². The molecule has 32 heavy (non-hydrogen) atoms. The molecule has 5 nitrogen and oxygen atoms in total. The third kappa shape index (κ3) is 6.11. The molecule has 0 bridgehead atoms. The lowest BCUT2D eigenvalue weighted by Crippen LogP contribution is -2.48. The molecule has 3 aliphatic rings. The van der Waals surface area contributed by atoms with Crippen molar-refractivity contribution in [3.8, 4) is 5.75 Å². The Balaban J connectivity index is 1.20. The van der Waals surface area contributed by atoms with E-state index in [0.29, 0.717) is 16.0 Å². The monoisotopic (exact) mass is 482 g/mol. The summed E-state index contributed by atoms with van der Waals surface area (Å²) < 4.78 is 11.4. The molecule has 0 amide bonds. The molecule has 2 saturated heterocycles. The molecule has 0 radical (unpaired) electrons. The summed E-state index contributed by atoms with van der Waals surface area (Å²) >= 11 is 12.4.